The minimum absolute atomic E-state index is 0.0168. The van der Waals surface area contributed by atoms with Crippen molar-refractivity contribution in [3.05, 3.63) is 60.2 Å². The van der Waals surface area contributed by atoms with Crippen LogP contribution in [0.15, 0.2) is 54.6 Å². The molecule has 2 nitrogen and oxygen atoms in total. The first-order valence-corrected chi connectivity index (χ1v) is 10.4. The number of carbonyl (C=O) groups is 1. The predicted octanol–water partition coefficient (Wildman–Crippen LogP) is 6.75. The Morgan fingerprint density at radius 1 is 0.926 bits per heavy atom. The van der Waals surface area contributed by atoms with Crippen LogP contribution in [0.2, 0.25) is 0 Å². The number of benzene rings is 2. The number of carbonyl (C=O) groups excluding carboxylic acids is 1. The molecule has 0 aliphatic carbocycles. The Morgan fingerprint density at radius 3 is 2.26 bits per heavy atom. The normalized spacial score (nSPS) is 21.7. The van der Waals surface area contributed by atoms with Crippen LogP contribution in [0.5, 0.6) is 0 Å². The first kappa shape index (κ1) is 19.7. The van der Waals surface area contributed by atoms with Crippen LogP contribution in [0.4, 0.5) is 0 Å². The van der Waals surface area contributed by atoms with Gasteiger partial charge in [-0.3, -0.25) is 4.79 Å². The van der Waals surface area contributed by atoms with Crippen molar-refractivity contribution in [2.45, 2.75) is 71.3 Å². The van der Waals surface area contributed by atoms with Crippen LogP contribution in [0.1, 0.15) is 70.8 Å². The minimum atomic E-state index is -0.156. The third-order valence-electron chi connectivity index (χ3n) is 5.88. The largest absolute Gasteiger partial charge is 0.461 e. The summed E-state index contributed by atoms with van der Waals surface area (Å²) in [7, 11) is 0. The van der Waals surface area contributed by atoms with Gasteiger partial charge in [-0.05, 0) is 36.0 Å². The molecular weight excluding hydrogens is 332 g/mol. The molecule has 0 N–H and O–H groups in total. The van der Waals surface area contributed by atoms with E-state index in [0.29, 0.717) is 0 Å². The van der Waals surface area contributed by atoms with E-state index in [0.717, 1.165) is 24.8 Å². The summed E-state index contributed by atoms with van der Waals surface area (Å²) in [6, 6.07) is 18.7. The van der Waals surface area contributed by atoms with Crippen LogP contribution in [-0.4, -0.2) is 12.1 Å². The number of ether oxygens (including phenoxy) is 1. The maximum atomic E-state index is 12.7. The predicted molar refractivity (Wildman–Crippen MR) is 112 cm³/mol. The SMILES string of the molecule is CCCCCCC1OC(=O)C(c2ccc(-c3ccccc3)cc2)CC1(C)C. The quantitative estimate of drug-likeness (QED) is 0.401. The zero-order valence-electron chi connectivity index (χ0n) is 16.9. The van der Waals surface area contributed by atoms with E-state index in [2.05, 4.69) is 57.2 Å². The van der Waals surface area contributed by atoms with Crippen molar-refractivity contribution in [3.63, 3.8) is 0 Å². The van der Waals surface area contributed by atoms with Gasteiger partial charge in [0.2, 0.25) is 0 Å². The molecule has 0 aromatic heterocycles. The average Bonchev–Trinajstić information content (AvgIpc) is 2.68. The second kappa shape index (κ2) is 8.73. The zero-order chi connectivity index (χ0) is 19.3. The van der Waals surface area contributed by atoms with E-state index in [1.807, 2.05) is 18.2 Å². The smallest absolute Gasteiger partial charge is 0.313 e. The minimum Gasteiger partial charge on any atom is -0.461 e. The number of hydrogen-bond donors (Lipinski definition) is 0. The molecule has 1 fully saturated rings. The van der Waals surface area contributed by atoms with E-state index in [9.17, 15) is 4.79 Å². The molecule has 0 radical (unpaired) electrons. The summed E-state index contributed by atoms with van der Waals surface area (Å²) >= 11 is 0. The van der Waals surface area contributed by atoms with E-state index in [1.54, 1.807) is 0 Å². The van der Waals surface area contributed by atoms with Gasteiger partial charge in [0.25, 0.3) is 0 Å². The molecule has 2 aromatic rings. The number of rotatable bonds is 7. The highest BCUT2D eigenvalue weighted by atomic mass is 16.5. The van der Waals surface area contributed by atoms with Crippen molar-refractivity contribution in [2.75, 3.05) is 0 Å². The van der Waals surface area contributed by atoms with Crippen LogP contribution >= 0.6 is 0 Å². The van der Waals surface area contributed by atoms with Gasteiger partial charge in [-0.25, -0.2) is 0 Å². The van der Waals surface area contributed by atoms with E-state index in [-0.39, 0.29) is 23.4 Å². The summed E-state index contributed by atoms with van der Waals surface area (Å²) in [4.78, 5) is 12.7. The molecular formula is C25H32O2. The van der Waals surface area contributed by atoms with Crippen molar-refractivity contribution < 1.29 is 9.53 Å². The maximum Gasteiger partial charge on any atom is 0.313 e. The molecule has 1 heterocycles. The van der Waals surface area contributed by atoms with Gasteiger partial charge in [-0.1, -0.05) is 94.6 Å². The summed E-state index contributed by atoms with van der Waals surface area (Å²) in [5.41, 5.74) is 3.46. The van der Waals surface area contributed by atoms with Gasteiger partial charge in [0.15, 0.2) is 0 Å². The molecule has 3 rings (SSSR count). The fourth-order valence-corrected chi connectivity index (χ4v) is 4.12. The van der Waals surface area contributed by atoms with Gasteiger partial charge in [-0.15, -0.1) is 0 Å². The molecule has 0 spiro atoms. The first-order chi connectivity index (χ1) is 13.0. The van der Waals surface area contributed by atoms with Crippen molar-refractivity contribution >= 4 is 5.97 Å². The average molecular weight is 365 g/mol. The van der Waals surface area contributed by atoms with Crippen LogP contribution < -0.4 is 0 Å². The summed E-state index contributed by atoms with van der Waals surface area (Å²) in [6.07, 6.45) is 6.75. The van der Waals surface area contributed by atoms with Gasteiger partial charge >= 0.3 is 5.97 Å². The van der Waals surface area contributed by atoms with Gasteiger partial charge in [0.1, 0.15) is 6.10 Å². The fraction of sp³-hybridized carbons (Fsp3) is 0.480. The van der Waals surface area contributed by atoms with Crippen LogP contribution in [0.3, 0.4) is 0 Å². The second-order valence-electron chi connectivity index (χ2n) is 8.51. The molecule has 1 aliphatic heterocycles. The standard InChI is InChI=1S/C25H32O2/c1-4-5-6-10-13-23-25(2,3)18-22(24(26)27-23)21-16-14-20(15-17-21)19-11-8-7-9-12-19/h7-9,11-12,14-17,22-23H,4-6,10,13,18H2,1-3H3. The highest BCUT2D eigenvalue weighted by Gasteiger charge is 2.43. The Hall–Kier alpha value is -2.09. The second-order valence-corrected chi connectivity index (χ2v) is 8.51. The lowest BCUT2D eigenvalue weighted by molar-refractivity contribution is -0.168. The Morgan fingerprint density at radius 2 is 1.59 bits per heavy atom. The first-order valence-electron chi connectivity index (χ1n) is 10.4. The molecule has 27 heavy (non-hydrogen) atoms. The number of cyclic esters (lactones) is 1. The molecule has 2 atom stereocenters. The molecule has 2 unspecified atom stereocenters. The molecule has 144 valence electrons. The highest BCUT2D eigenvalue weighted by Crippen LogP contribution is 2.43. The monoisotopic (exact) mass is 364 g/mol. The van der Waals surface area contributed by atoms with Crippen LogP contribution in [0.25, 0.3) is 11.1 Å². The Labute approximate surface area is 164 Å². The van der Waals surface area contributed by atoms with Crippen LogP contribution in [-0.2, 0) is 9.53 Å². The van der Waals surface area contributed by atoms with Crippen molar-refractivity contribution in [1.82, 2.24) is 0 Å². The van der Waals surface area contributed by atoms with E-state index >= 15 is 0 Å². The molecule has 1 saturated heterocycles. The molecule has 2 heteroatoms. The zero-order valence-corrected chi connectivity index (χ0v) is 16.9. The van der Waals surface area contributed by atoms with Crippen molar-refractivity contribution in [3.8, 4) is 11.1 Å². The topological polar surface area (TPSA) is 26.3 Å². The third kappa shape index (κ3) is 4.80. The maximum absolute atomic E-state index is 12.7. The molecule has 0 saturated carbocycles. The van der Waals surface area contributed by atoms with Crippen LogP contribution in [0, 0.1) is 5.41 Å². The van der Waals surface area contributed by atoms with E-state index in [1.165, 1.54) is 30.4 Å². The Bertz CT molecular complexity index is 731. The number of unbranched alkanes of at least 4 members (excludes halogenated alkanes) is 3. The van der Waals surface area contributed by atoms with Gasteiger partial charge in [-0.2, -0.15) is 0 Å². The Balaban J connectivity index is 1.68. The van der Waals surface area contributed by atoms with E-state index < -0.39 is 0 Å². The number of hydrogen-bond acceptors (Lipinski definition) is 2. The molecule has 0 bridgehead atoms. The summed E-state index contributed by atoms with van der Waals surface area (Å²) in [5, 5.41) is 0. The van der Waals surface area contributed by atoms with Gasteiger partial charge in [0, 0.05) is 5.41 Å². The lowest BCUT2D eigenvalue weighted by Gasteiger charge is -2.41. The van der Waals surface area contributed by atoms with Crippen molar-refractivity contribution in [2.24, 2.45) is 5.41 Å². The molecule has 2 aromatic carbocycles. The summed E-state index contributed by atoms with van der Waals surface area (Å²) < 4.78 is 5.92. The van der Waals surface area contributed by atoms with Gasteiger partial charge < -0.3 is 4.74 Å². The third-order valence-corrected chi connectivity index (χ3v) is 5.88. The molecule has 1 aliphatic rings. The van der Waals surface area contributed by atoms with E-state index in [4.69, 9.17) is 4.74 Å². The lowest BCUT2D eigenvalue weighted by atomic mass is 9.72. The number of esters is 1. The Kier molecular flexibility index (Phi) is 6.36. The molecule has 0 amide bonds. The van der Waals surface area contributed by atoms with Crippen molar-refractivity contribution in [1.29, 1.82) is 0 Å². The summed E-state index contributed by atoms with van der Waals surface area (Å²) in [5.74, 6) is -0.209. The van der Waals surface area contributed by atoms with Gasteiger partial charge in [0.05, 0.1) is 5.92 Å². The highest BCUT2D eigenvalue weighted by molar-refractivity contribution is 5.79. The fourth-order valence-electron chi connectivity index (χ4n) is 4.12. The lowest BCUT2D eigenvalue weighted by Crippen LogP contribution is -2.42. The summed E-state index contributed by atoms with van der Waals surface area (Å²) in [6.45, 7) is 6.71.